The predicted octanol–water partition coefficient (Wildman–Crippen LogP) is 3.45. The fourth-order valence-electron chi connectivity index (χ4n) is 3.74. The summed E-state index contributed by atoms with van der Waals surface area (Å²) in [6, 6.07) is 13.7. The molecule has 4 rings (SSSR count). The van der Waals surface area contributed by atoms with Crippen molar-refractivity contribution in [2.45, 2.75) is 20.5 Å². The topological polar surface area (TPSA) is 41.4 Å². The van der Waals surface area contributed by atoms with E-state index in [-0.39, 0.29) is 5.56 Å². The standard InChI is InChI=1S/C21H23ClN4O/c1-15-7-8-17(22)13-20(15)25-11-9-24(10-12-25)14-26-21(27)19-6-4-3-5-18(19)16(2)23-26/h3-8,13H,9-12,14H2,1-2H3. The summed E-state index contributed by atoms with van der Waals surface area (Å²) in [4.78, 5) is 17.4. The van der Waals surface area contributed by atoms with Gasteiger partial charge in [0.25, 0.3) is 5.56 Å². The van der Waals surface area contributed by atoms with E-state index in [1.54, 1.807) is 4.68 Å². The maximum atomic E-state index is 12.8. The van der Waals surface area contributed by atoms with Gasteiger partial charge in [0.15, 0.2) is 0 Å². The number of benzene rings is 2. The zero-order valence-electron chi connectivity index (χ0n) is 15.7. The smallest absolute Gasteiger partial charge is 0.275 e. The Balaban J connectivity index is 1.50. The molecular formula is C21H23ClN4O. The number of hydrogen-bond acceptors (Lipinski definition) is 4. The first kappa shape index (κ1) is 18.0. The van der Waals surface area contributed by atoms with Crippen LogP contribution in [0.15, 0.2) is 47.3 Å². The summed E-state index contributed by atoms with van der Waals surface area (Å²) in [6.45, 7) is 8.16. The first-order valence-electron chi connectivity index (χ1n) is 9.23. The molecule has 1 aromatic heterocycles. The minimum Gasteiger partial charge on any atom is -0.369 e. The SMILES string of the molecule is Cc1ccc(Cl)cc1N1CCN(Cn2nc(C)c3ccccc3c2=O)CC1. The van der Waals surface area contributed by atoms with Crippen molar-refractivity contribution in [3.8, 4) is 0 Å². The van der Waals surface area contributed by atoms with Gasteiger partial charge in [0, 0.05) is 42.3 Å². The van der Waals surface area contributed by atoms with Crippen LogP contribution in [0.4, 0.5) is 5.69 Å². The summed E-state index contributed by atoms with van der Waals surface area (Å²) in [5.41, 5.74) is 3.29. The molecule has 0 amide bonds. The molecule has 0 atom stereocenters. The largest absolute Gasteiger partial charge is 0.369 e. The Labute approximate surface area is 163 Å². The van der Waals surface area contributed by atoms with Crippen LogP contribution in [-0.2, 0) is 6.67 Å². The fraction of sp³-hybridized carbons (Fsp3) is 0.333. The minimum atomic E-state index is -0.0238. The third-order valence-corrected chi connectivity index (χ3v) is 5.51. The third-order valence-electron chi connectivity index (χ3n) is 5.27. The van der Waals surface area contributed by atoms with Crippen molar-refractivity contribution < 1.29 is 0 Å². The monoisotopic (exact) mass is 382 g/mol. The summed E-state index contributed by atoms with van der Waals surface area (Å²) < 4.78 is 1.60. The van der Waals surface area contributed by atoms with Crippen LogP contribution < -0.4 is 10.5 Å². The van der Waals surface area contributed by atoms with Gasteiger partial charge in [-0.25, -0.2) is 4.68 Å². The van der Waals surface area contributed by atoms with E-state index in [0.29, 0.717) is 6.67 Å². The number of halogens is 1. The summed E-state index contributed by atoms with van der Waals surface area (Å²) in [7, 11) is 0. The third kappa shape index (κ3) is 3.57. The fourth-order valence-corrected chi connectivity index (χ4v) is 3.91. The van der Waals surface area contributed by atoms with Crippen LogP contribution in [0.1, 0.15) is 11.3 Å². The molecule has 0 N–H and O–H groups in total. The van der Waals surface area contributed by atoms with Crippen molar-refractivity contribution in [1.82, 2.24) is 14.7 Å². The number of aryl methyl sites for hydroxylation is 2. The average molecular weight is 383 g/mol. The second-order valence-corrected chi connectivity index (χ2v) is 7.55. The Kier molecular flexibility index (Phi) is 4.89. The van der Waals surface area contributed by atoms with Gasteiger partial charge in [-0.15, -0.1) is 0 Å². The molecule has 0 saturated carbocycles. The second kappa shape index (κ2) is 7.33. The van der Waals surface area contributed by atoms with Crippen molar-refractivity contribution in [2.24, 2.45) is 0 Å². The zero-order valence-corrected chi connectivity index (χ0v) is 16.4. The molecule has 3 aromatic rings. The number of piperazine rings is 1. The number of rotatable bonds is 3. The number of nitrogens with zero attached hydrogens (tertiary/aromatic N) is 4. The molecule has 1 saturated heterocycles. The first-order chi connectivity index (χ1) is 13.0. The highest BCUT2D eigenvalue weighted by Crippen LogP contribution is 2.25. The number of anilines is 1. The molecule has 0 spiro atoms. The van der Waals surface area contributed by atoms with Crippen molar-refractivity contribution in [1.29, 1.82) is 0 Å². The second-order valence-electron chi connectivity index (χ2n) is 7.11. The van der Waals surface area contributed by atoms with E-state index in [9.17, 15) is 4.79 Å². The maximum absolute atomic E-state index is 12.8. The van der Waals surface area contributed by atoms with Crippen LogP contribution in [0.25, 0.3) is 10.8 Å². The number of hydrogen-bond donors (Lipinski definition) is 0. The van der Waals surface area contributed by atoms with Crippen LogP contribution in [0, 0.1) is 13.8 Å². The molecule has 5 nitrogen and oxygen atoms in total. The van der Waals surface area contributed by atoms with Crippen LogP contribution in [0.3, 0.4) is 0 Å². The molecule has 1 fully saturated rings. The molecular weight excluding hydrogens is 360 g/mol. The lowest BCUT2D eigenvalue weighted by atomic mass is 10.1. The van der Waals surface area contributed by atoms with Gasteiger partial charge < -0.3 is 4.90 Å². The van der Waals surface area contributed by atoms with Gasteiger partial charge in [0.2, 0.25) is 0 Å². The van der Waals surface area contributed by atoms with Gasteiger partial charge in [-0.3, -0.25) is 9.69 Å². The Hall–Kier alpha value is -2.37. The zero-order chi connectivity index (χ0) is 19.0. The summed E-state index contributed by atoms with van der Waals surface area (Å²) >= 11 is 6.17. The number of aromatic nitrogens is 2. The molecule has 2 aromatic carbocycles. The molecule has 140 valence electrons. The lowest BCUT2D eigenvalue weighted by Gasteiger charge is -2.36. The van der Waals surface area contributed by atoms with Crippen LogP contribution in [0.5, 0.6) is 0 Å². The van der Waals surface area contributed by atoms with Gasteiger partial charge in [-0.05, 0) is 37.6 Å². The highest BCUT2D eigenvalue weighted by atomic mass is 35.5. The van der Waals surface area contributed by atoms with Crippen molar-refractivity contribution in [3.05, 3.63) is 69.1 Å². The van der Waals surface area contributed by atoms with Crippen LogP contribution in [-0.4, -0.2) is 40.9 Å². The highest BCUT2D eigenvalue weighted by Gasteiger charge is 2.20. The lowest BCUT2D eigenvalue weighted by Crippen LogP contribution is -2.48. The van der Waals surface area contributed by atoms with Gasteiger partial charge >= 0.3 is 0 Å². The molecule has 27 heavy (non-hydrogen) atoms. The highest BCUT2D eigenvalue weighted by molar-refractivity contribution is 6.30. The molecule has 1 aliphatic heterocycles. The first-order valence-corrected chi connectivity index (χ1v) is 9.60. The molecule has 0 radical (unpaired) electrons. The van der Waals surface area contributed by atoms with Crippen molar-refractivity contribution >= 4 is 28.1 Å². The maximum Gasteiger partial charge on any atom is 0.275 e. The normalized spacial score (nSPS) is 15.4. The van der Waals surface area contributed by atoms with Gasteiger partial charge in [0.1, 0.15) is 0 Å². The van der Waals surface area contributed by atoms with Gasteiger partial charge in [-0.2, -0.15) is 5.10 Å². The Morgan fingerprint density at radius 2 is 1.70 bits per heavy atom. The molecule has 2 heterocycles. The Morgan fingerprint density at radius 3 is 2.44 bits per heavy atom. The Bertz CT molecular complexity index is 1040. The quantitative estimate of drug-likeness (QED) is 0.695. The van der Waals surface area contributed by atoms with E-state index in [2.05, 4.69) is 27.9 Å². The predicted molar refractivity (Wildman–Crippen MR) is 111 cm³/mol. The van der Waals surface area contributed by atoms with E-state index >= 15 is 0 Å². The van der Waals surface area contributed by atoms with E-state index < -0.39 is 0 Å². The van der Waals surface area contributed by atoms with Gasteiger partial charge in [0.05, 0.1) is 17.7 Å². The summed E-state index contributed by atoms with van der Waals surface area (Å²) in [6.07, 6.45) is 0. The molecule has 1 aliphatic rings. The summed E-state index contributed by atoms with van der Waals surface area (Å²) in [5.74, 6) is 0. The van der Waals surface area contributed by atoms with Crippen molar-refractivity contribution in [2.75, 3.05) is 31.1 Å². The van der Waals surface area contributed by atoms with E-state index in [1.165, 1.54) is 11.3 Å². The Morgan fingerprint density at radius 1 is 1.00 bits per heavy atom. The molecule has 0 aliphatic carbocycles. The average Bonchev–Trinajstić information content (AvgIpc) is 2.68. The molecule has 0 unspecified atom stereocenters. The van der Waals surface area contributed by atoms with Crippen molar-refractivity contribution in [3.63, 3.8) is 0 Å². The van der Waals surface area contributed by atoms with E-state index in [0.717, 1.165) is 47.7 Å². The van der Waals surface area contributed by atoms with Crippen LogP contribution in [0.2, 0.25) is 5.02 Å². The summed E-state index contributed by atoms with van der Waals surface area (Å²) in [5, 5.41) is 6.96. The number of fused-ring (bicyclic) bond motifs is 1. The van der Waals surface area contributed by atoms with E-state index in [4.69, 9.17) is 11.6 Å². The molecule has 0 bridgehead atoms. The minimum absolute atomic E-state index is 0.0238. The van der Waals surface area contributed by atoms with Crippen LogP contribution >= 0.6 is 11.6 Å². The van der Waals surface area contributed by atoms with E-state index in [1.807, 2.05) is 43.3 Å². The molecule has 6 heteroatoms. The lowest BCUT2D eigenvalue weighted by molar-refractivity contribution is 0.191. The van der Waals surface area contributed by atoms with Gasteiger partial charge in [-0.1, -0.05) is 35.9 Å².